The number of piperazine rings is 1. The molecule has 0 spiro atoms. The molecule has 1 aliphatic rings. The number of hydrogen-bond acceptors (Lipinski definition) is 5. The Balaban J connectivity index is 1.39. The van der Waals surface area contributed by atoms with E-state index in [-0.39, 0.29) is 0 Å². The van der Waals surface area contributed by atoms with E-state index < -0.39 is 0 Å². The van der Waals surface area contributed by atoms with Gasteiger partial charge in [-0.2, -0.15) is 0 Å². The number of benzene rings is 2. The quantitative estimate of drug-likeness (QED) is 0.616. The molecule has 4 rings (SSSR count). The molecule has 0 unspecified atom stereocenters. The Bertz CT molecular complexity index is 906. The maximum absolute atomic E-state index is 6.34. The number of para-hydroxylation sites is 2. The Morgan fingerprint density at radius 2 is 1.78 bits per heavy atom. The maximum atomic E-state index is 6.34. The minimum absolute atomic E-state index is 0.826. The van der Waals surface area contributed by atoms with Crippen molar-refractivity contribution in [1.29, 1.82) is 0 Å². The molecule has 0 N–H and O–H groups in total. The van der Waals surface area contributed by atoms with Gasteiger partial charge < -0.3 is 9.64 Å². The molecule has 0 aliphatic carbocycles. The molecule has 0 radical (unpaired) electrons. The van der Waals surface area contributed by atoms with Gasteiger partial charge in [0, 0.05) is 38.1 Å². The summed E-state index contributed by atoms with van der Waals surface area (Å²) in [4.78, 5) is 9.65. The van der Waals surface area contributed by atoms with Crippen LogP contribution in [-0.2, 0) is 6.54 Å². The van der Waals surface area contributed by atoms with Crippen LogP contribution in [0.1, 0.15) is 5.69 Å². The second-order valence-electron chi connectivity index (χ2n) is 6.56. The van der Waals surface area contributed by atoms with Crippen molar-refractivity contribution in [1.82, 2.24) is 9.88 Å². The summed E-state index contributed by atoms with van der Waals surface area (Å²) in [5.74, 6) is 0.867. The smallest absolute Gasteiger partial charge is 0.129 e. The number of halogens is 1. The molecule has 1 fully saturated rings. The lowest BCUT2D eigenvalue weighted by atomic mass is 10.2. The summed E-state index contributed by atoms with van der Waals surface area (Å²) in [5, 5.41) is 3.99. The van der Waals surface area contributed by atoms with E-state index in [1.807, 2.05) is 36.4 Å². The molecule has 0 saturated carbocycles. The fourth-order valence-electron chi connectivity index (χ4n) is 3.41. The largest absolute Gasteiger partial charge is 0.496 e. The Labute approximate surface area is 169 Å². The van der Waals surface area contributed by atoms with Crippen LogP contribution >= 0.6 is 22.9 Å². The lowest BCUT2D eigenvalue weighted by molar-refractivity contribution is 0.247. The molecule has 2 aromatic carbocycles. The van der Waals surface area contributed by atoms with Gasteiger partial charge in [0.05, 0.1) is 29.1 Å². The van der Waals surface area contributed by atoms with Crippen LogP contribution in [0.4, 0.5) is 5.69 Å². The van der Waals surface area contributed by atoms with Gasteiger partial charge in [0.1, 0.15) is 10.8 Å². The molecule has 27 heavy (non-hydrogen) atoms. The molecule has 0 amide bonds. The molecule has 1 aromatic heterocycles. The summed E-state index contributed by atoms with van der Waals surface area (Å²) >= 11 is 8.01. The number of anilines is 1. The van der Waals surface area contributed by atoms with Crippen molar-refractivity contribution in [3.63, 3.8) is 0 Å². The summed E-state index contributed by atoms with van der Waals surface area (Å²) in [6.07, 6.45) is 0. The van der Waals surface area contributed by atoms with Crippen LogP contribution in [-0.4, -0.2) is 43.2 Å². The van der Waals surface area contributed by atoms with Gasteiger partial charge in [-0.3, -0.25) is 4.90 Å². The molecule has 140 valence electrons. The van der Waals surface area contributed by atoms with Crippen LogP contribution < -0.4 is 9.64 Å². The minimum atomic E-state index is 0.826. The third-order valence-corrected chi connectivity index (χ3v) is 6.08. The van der Waals surface area contributed by atoms with Crippen molar-refractivity contribution in [3.8, 4) is 16.3 Å². The van der Waals surface area contributed by atoms with Gasteiger partial charge in [-0.15, -0.1) is 11.3 Å². The summed E-state index contributed by atoms with van der Waals surface area (Å²) in [7, 11) is 1.70. The van der Waals surface area contributed by atoms with E-state index in [0.29, 0.717) is 0 Å². The fraction of sp³-hybridized carbons (Fsp3) is 0.286. The molecule has 6 heteroatoms. The van der Waals surface area contributed by atoms with Crippen LogP contribution in [0.5, 0.6) is 5.75 Å². The lowest BCUT2D eigenvalue weighted by Crippen LogP contribution is -2.46. The van der Waals surface area contributed by atoms with Crippen molar-refractivity contribution in [2.45, 2.75) is 6.54 Å². The van der Waals surface area contributed by atoms with Crippen molar-refractivity contribution in [3.05, 3.63) is 64.6 Å². The summed E-state index contributed by atoms with van der Waals surface area (Å²) < 4.78 is 5.46. The monoisotopic (exact) mass is 399 g/mol. The van der Waals surface area contributed by atoms with Crippen LogP contribution in [0, 0.1) is 0 Å². The van der Waals surface area contributed by atoms with Crippen molar-refractivity contribution in [2.75, 3.05) is 38.2 Å². The normalized spacial score (nSPS) is 15.1. The number of thiazole rings is 1. The average molecular weight is 400 g/mol. The van der Waals surface area contributed by atoms with E-state index in [1.54, 1.807) is 18.4 Å². The predicted molar refractivity (Wildman–Crippen MR) is 113 cm³/mol. The Hall–Kier alpha value is -2.08. The zero-order valence-corrected chi connectivity index (χ0v) is 16.8. The summed E-state index contributed by atoms with van der Waals surface area (Å²) in [6, 6.07) is 16.1. The van der Waals surface area contributed by atoms with E-state index in [9.17, 15) is 0 Å². The summed E-state index contributed by atoms with van der Waals surface area (Å²) in [6.45, 7) is 4.85. The third-order valence-electron chi connectivity index (χ3n) is 4.84. The molecule has 0 bridgehead atoms. The first-order chi connectivity index (χ1) is 13.2. The van der Waals surface area contributed by atoms with E-state index in [1.165, 1.54) is 0 Å². The number of methoxy groups -OCH3 is 1. The average Bonchev–Trinajstić information content (AvgIpc) is 3.17. The highest BCUT2D eigenvalue weighted by atomic mass is 35.5. The first-order valence-electron chi connectivity index (χ1n) is 9.04. The zero-order chi connectivity index (χ0) is 18.6. The zero-order valence-electron chi connectivity index (χ0n) is 15.3. The van der Waals surface area contributed by atoms with E-state index in [4.69, 9.17) is 21.3 Å². The number of hydrogen-bond donors (Lipinski definition) is 0. The second kappa shape index (κ2) is 8.30. The number of nitrogens with zero attached hydrogens (tertiary/aromatic N) is 3. The van der Waals surface area contributed by atoms with Crippen molar-refractivity contribution in [2.24, 2.45) is 0 Å². The molecular formula is C21H22ClN3OS. The highest BCUT2D eigenvalue weighted by molar-refractivity contribution is 7.13. The molecule has 1 aliphatic heterocycles. The van der Waals surface area contributed by atoms with Gasteiger partial charge in [-0.25, -0.2) is 4.98 Å². The van der Waals surface area contributed by atoms with Crippen LogP contribution in [0.2, 0.25) is 5.02 Å². The van der Waals surface area contributed by atoms with Gasteiger partial charge in [-0.1, -0.05) is 35.9 Å². The Morgan fingerprint density at radius 1 is 1.04 bits per heavy atom. The van der Waals surface area contributed by atoms with Crippen LogP contribution in [0.25, 0.3) is 10.6 Å². The van der Waals surface area contributed by atoms with Crippen LogP contribution in [0.15, 0.2) is 53.9 Å². The van der Waals surface area contributed by atoms with Gasteiger partial charge in [0.25, 0.3) is 0 Å². The molecule has 2 heterocycles. The SMILES string of the molecule is COc1ccccc1-c1nc(CN2CCN(c3ccccc3Cl)CC2)cs1. The number of ether oxygens (including phenoxy) is 1. The first-order valence-corrected chi connectivity index (χ1v) is 10.3. The molecule has 3 aromatic rings. The summed E-state index contributed by atoms with van der Waals surface area (Å²) in [5.41, 5.74) is 3.30. The molecule has 0 atom stereocenters. The van der Waals surface area contributed by atoms with E-state index in [2.05, 4.69) is 27.3 Å². The predicted octanol–water partition coefficient (Wildman–Crippen LogP) is 4.79. The highest BCUT2D eigenvalue weighted by Crippen LogP contribution is 2.32. The van der Waals surface area contributed by atoms with Gasteiger partial charge in [0.15, 0.2) is 0 Å². The number of aromatic nitrogens is 1. The Morgan fingerprint density at radius 3 is 2.56 bits per heavy atom. The molecule has 4 nitrogen and oxygen atoms in total. The molecular weight excluding hydrogens is 378 g/mol. The van der Waals surface area contributed by atoms with E-state index in [0.717, 1.165) is 65.4 Å². The van der Waals surface area contributed by atoms with Crippen molar-refractivity contribution >= 4 is 28.6 Å². The van der Waals surface area contributed by atoms with Crippen molar-refractivity contribution < 1.29 is 4.74 Å². The minimum Gasteiger partial charge on any atom is -0.496 e. The highest BCUT2D eigenvalue weighted by Gasteiger charge is 2.20. The third kappa shape index (κ3) is 4.10. The van der Waals surface area contributed by atoms with Gasteiger partial charge in [-0.05, 0) is 24.3 Å². The fourth-order valence-corrected chi connectivity index (χ4v) is 4.50. The maximum Gasteiger partial charge on any atom is 0.129 e. The molecule has 1 saturated heterocycles. The van der Waals surface area contributed by atoms with Gasteiger partial charge >= 0.3 is 0 Å². The second-order valence-corrected chi connectivity index (χ2v) is 7.82. The van der Waals surface area contributed by atoms with Crippen LogP contribution in [0.3, 0.4) is 0 Å². The standard InChI is InChI=1S/C21H22ClN3OS/c1-26-20-9-5-2-6-17(20)21-23-16(15-27-21)14-24-10-12-25(13-11-24)19-8-4-3-7-18(19)22/h2-9,15H,10-14H2,1H3. The first kappa shape index (κ1) is 18.3. The van der Waals surface area contributed by atoms with E-state index >= 15 is 0 Å². The Kier molecular flexibility index (Phi) is 5.62. The topological polar surface area (TPSA) is 28.6 Å². The van der Waals surface area contributed by atoms with Gasteiger partial charge in [0.2, 0.25) is 0 Å². The number of rotatable bonds is 5. The lowest BCUT2D eigenvalue weighted by Gasteiger charge is -2.36.